The van der Waals surface area contributed by atoms with Gasteiger partial charge in [0.25, 0.3) is 5.91 Å². The highest BCUT2D eigenvalue weighted by atomic mass is 32.2. The molecular formula is C11H17N3OS. The van der Waals surface area contributed by atoms with Crippen LogP contribution in [-0.2, 0) is 0 Å². The predicted octanol–water partition coefficient (Wildman–Crippen LogP) is 1.62. The highest BCUT2D eigenvalue weighted by molar-refractivity contribution is 7.98. The van der Waals surface area contributed by atoms with Crippen LogP contribution in [0.4, 0.5) is 0 Å². The third-order valence-electron chi connectivity index (χ3n) is 2.94. The van der Waals surface area contributed by atoms with E-state index in [4.69, 9.17) is 0 Å². The number of nitrogens with one attached hydrogen (secondary N) is 1. The molecule has 1 atom stereocenters. The molecule has 0 aliphatic carbocycles. The van der Waals surface area contributed by atoms with Crippen LogP contribution in [0, 0.1) is 5.92 Å². The van der Waals surface area contributed by atoms with Crippen LogP contribution in [0.1, 0.15) is 23.3 Å². The zero-order chi connectivity index (χ0) is 11.4. The smallest absolute Gasteiger partial charge is 0.271 e. The van der Waals surface area contributed by atoms with Gasteiger partial charge in [-0.1, -0.05) is 0 Å². The summed E-state index contributed by atoms with van der Waals surface area (Å²) in [7, 11) is 0. The first-order valence-corrected chi connectivity index (χ1v) is 6.97. The molecule has 1 saturated heterocycles. The standard InChI is InChI=1S/C11H17N3OS/c1-16-7-9-3-2-4-14(6-9)11(15)10-5-12-8-13-10/h5,8-9H,2-4,6-7H2,1H3,(H,12,13)/t9-/m1/s1. The van der Waals surface area contributed by atoms with E-state index in [9.17, 15) is 4.79 Å². The predicted molar refractivity (Wildman–Crippen MR) is 65.6 cm³/mol. The van der Waals surface area contributed by atoms with Crippen LogP contribution < -0.4 is 0 Å². The first-order valence-electron chi connectivity index (χ1n) is 5.58. The van der Waals surface area contributed by atoms with Gasteiger partial charge in [0.1, 0.15) is 5.69 Å². The lowest BCUT2D eigenvalue weighted by atomic mass is 10.00. The van der Waals surface area contributed by atoms with Crippen LogP contribution >= 0.6 is 11.8 Å². The van der Waals surface area contributed by atoms with Gasteiger partial charge in [0.2, 0.25) is 0 Å². The zero-order valence-corrected chi connectivity index (χ0v) is 10.3. The summed E-state index contributed by atoms with van der Waals surface area (Å²) < 4.78 is 0. The fourth-order valence-electron chi connectivity index (χ4n) is 2.16. The fourth-order valence-corrected chi connectivity index (χ4v) is 2.91. The number of hydrogen-bond donors (Lipinski definition) is 1. The van der Waals surface area contributed by atoms with Crippen molar-refractivity contribution < 1.29 is 4.79 Å². The number of imidazole rings is 1. The Hall–Kier alpha value is -0.970. The van der Waals surface area contributed by atoms with Crippen molar-refractivity contribution in [1.29, 1.82) is 0 Å². The second kappa shape index (κ2) is 5.39. The molecule has 0 bridgehead atoms. The van der Waals surface area contributed by atoms with Gasteiger partial charge in [0.05, 0.1) is 12.5 Å². The molecule has 1 aromatic rings. The maximum absolute atomic E-state index is 12.1. The van der Waals surface area contributed by atoms with Crippen molar-refractivity contribution in [2.24, 2.45) is 5.92 Å². The van der Waals surface area contributed by atoms with Gasteiger partial charge in [-0.05, 0) is 30.8 Å². The second-order valence-corrected chi connectivity index (χ2v) is 5.09. The Kier molecular flexibility index (Phi) is 3.88. The van der Waals surface area contributed by atoms with E-state index in [1.165, 1.54) is 6.42 Å². The number of H-pyrrole nitrogens is 1. The minimum absolute atomic E-state index is 0.0864. The Balaban J connectivity index is 1.96. The van der Waals surface area contributed by atoms with Gasteiger partial charge >= 0.3 is 0 Å². The van der Waals surface area contributed by atoms with Crippen molar-refractivity contribution in [3.8, 4) is 0 Å². The molecule has 0 radical (unpaired) electrons. The van der Waals surface area contributed by atoms with Gasteiger partial charge in [0.15, 0.2) is 0 Å². The van der Waals surface area contributed by atoms with Gasteiger partial charge in [-0.15, -0.1) is 0 Å². The molecule has 0 saturated carbocycles. The summed E-state index contributed by atoms with van der Waals surface area (Å²) >= 11 is 1.86. The lowest BCUT2D eigenvalue weighted by Gasteiger charge is -2.32. The van der Waals surface area contributed by atoms with Crippen molar-refractivity contribution in [2.75, 3.05) is 25.1 Å². The molecule has 1 fully saturated rings. The van der Waals surface area contributed by atoms with Gasteiger partial charge in [0, 0.05) is 13.1 Å². The van der Waals surface area contributed by atoms with E-state index in [2.05, 4.69) is 16.2 Å². The van der Waals surface area contributed by atoms with Gasteiger partial charge in [-0.3, -0.25) is 4.79 Å². The van der Waals surface area contributed by atoms with E-state index in [-0.39, 0.29) is 5.91 Å². The maximum atomic E-state index is 12.1. The summed E-state index contributed by atoms with van der Waals surface area (Å²) in [6.07, 6.45) is 7.63. The highest BCUT2D eigenvalue weighted by Gasteiger charge is 2.24. The second-order valence-electron chi connectivity index (χ2n) is 4.18. The number of piperidine rings is 1. The number of carbonyl (C=O) groups is 1. The highest BCUT2D eigenvalue weighted by Crippen LogP contribution is 2.20. The van der Waals surface area contributed by atoms with Crippen LogP contribution in [0.5, 0.6) is 0 Å². The molecule has 0 aromatic carbocycles. The van der Waals surface area contributed by atoms with E-state index in [0.717, 1.165) is 25.3 Å². The Morgan fingerprint density at radius 3 is 3.31 bits per heavy atom. The topological polar surface area (TPSA) is 49.0 Å². The number of thioether (sulfide) groups is 1. The zero-order valence-electron chi connectivity index (χ0n) is 9.48. The van der Waals surface area contributed by atoms with Crippen LogP contribution in [0.3, 0.4) is 0 Å². The van der Waals surface area contributed by atoms with Crippen LogP contribution in [0.2, 0.25) is 0 Å². The molecule has 5 heteroatoms. The summed E-state index contributed by atoms with van der Waals surface area (Å²) in [4.78, 5) is 20.8. The van der Waals surface area contributed by atoms with Crippen molar-refractivity contribution in [3.63, 3.8) is 0 Å². The molecule has 2 rings (SSSR count). The number of carbonyl (C=O) groups excluding carboxylic acids is 1. The molecule has 16 heavy (non-hydrogen) atoms. The monoisotopic (exact) mass is 239 g/mol. The molecule has 88 valence electrons. The third-order valence-corrected chi connectivity index (χ3v) is 3.74. The molecular weight excluding hydrogens is 222 g/mol. The summed E-state index contributed by atoms with van der Waals surface area (Å²) in [5, 5.41) is 0. The average Bonchev–Trinajstić information content (AvgIpc) is 2.82. The number of hydrogen-bond acceptors (Lipinski definition) is 3. The summed E-state index contributed by atoms with van der Waals surface area (Å²) in [5.74, 6) is 1.88. The van der Waals surface area contributed by atoms with Gasteiger partial charge in [-0.25, -0.2) is 4.98 Å². The summed E-state index contributed by atoms with van der Waals surface area (Å²) in [6, 6.07) is 0. The van der Waals surface area contributed by atoms with Crippen LogP contribution in [0.15, 0.2) is 12.5 Å². The molecule has 0 spiro atoms. The maximum Gasteiger partial charge on any atom is 0.271 e. The molecule has 1 N–H and O–H groups in total. The van der Waals surface area contributed by atoms with E-state index in [1.54, 1.807) is 12.5 Å². The van der Waals surface area contributed by atoms with Crippen molar-refractivity contribution in [2.45, 2.75) is 12.8 Å². The minimum Gasteiger partial charge on any atom is -0.341 e. The summed E-state index contributed by atoms with van der Waals surface area (Å²) in [6.45, 7) is 1.77. The van der Waals surface area contributed by atoms with Crippen molar-refractivity contribution in [1.82, 2.24) is 14.9 Å². The van der Waals surface area contributed by atoms with Crippen LogP contribution in [-0.4, -0.2) is 45.9 Å². The van der Waals surface area contributed by atoms with Gasteiger partial charge < -0.3 is 9.88 Å². The van der Waals surface area contributed by atoms with Crippen molar-refractivity contribution in [3.05, 3.63) is 18.2 Å². The lowest BCUT2D eigenvalue weighted by molar-refractivity contribution is 0.0680. The molecule has 2 heterocycles. The number of aromatic nitrogens is 2. The molecule has 4 nitrogen and oxygen atoms in total. The molecule has 1 amide bonds. The Morgan fingerprint density at radius 2 is 2.62 bits per heavy atom. The molecule has 1 aromatic heterocycles. The number of aromatic amines is 1. The number of amides is 1. The largest absolute Gasteiger partial charge is 0.341 e. The number of nitrogens with zero attached hydrogens (tertiary/aromatic N) is 2. The Labute approximate surface area is 99.8 Å². The first-order chi connectivity index (χ1) is 7.81. The Bertz CT molecular complexity index is 337. The van der Waals surface area contributed by atoms with E-state index >= 15 is 0 Å². The fraction of sp³-hybridized carbons (Fsp3) is 0.636. The van der Waals surface area contributed by atoms with E-state index in [0.29, 0.717) is 11.6 Å². The lowest BCUT2D eigenvalue weighted by Crippen LogP contribution is -2.40. The van der Waals surface area contributed by atoms with Crippen LogP contribution in [0.25, 0.3) is 0 Å². The molecule has 1 aliphatic rings. The average molecular weight is 239 g/mol. The first kappa shape index (κ1) is 11.5. The minimum atomic E-state index is 0.0864. The number of likely N-dealkylation sites (tertiary alicyclic amines) is 1. The van der Waals surface area contributed by atoms with E-state index < -0.39 is 0 Å². The quantitative estimate of drug-likeness (QED) is 0.872. The number of rotatable bonds is 3. The van der Waals surface area contributed by atoms with Crippen molar-refractivity contribution >= 4 is 17.7 Å². The summed E-state index contributed by atoms with van der Waals surface area (Å²) in [5.41, 5.74) is 0.602. The SMILES string of the molecule is CSC[C@@H]1CCCN(C(=O)c2cnc[nH]2)C1. The van der Waals surface area contributed by atoms with Gasteiger partial charge in [-0.2, -0.15) is 11.8 Å². The molecule has 1 aliphatic heterocycles. The van der Waals surface area contributed by atoms with E-state index in [1.807, 2.05) is 16.7 Å². The Morgan fingerprint density at radius 1 is 1.75 bits per heavy atom. The third kappa shape index (κ3) is 2.58. The molecule has 0 unspecified atom stereocenters. The normalized spacial score (nSPS) is 21.1.